The summed E-state index contributed by atoms with van der Waals surface area (Å²) in [5, 5.41) is 7.12. The van der Waals surface area contributed by atoms with Crippen LogP contribution in [-0.4, -0.2) is 43.8 Å². The van der Waals surface area contributed by atoms with Gasteiger partial charge in [-0.15, -0.1) is 0 Å². The molecular formula is C9H19N3. The fourth-order valence-corrected chi connectivity index (χ4v) is 2.35. The molecule has 70 valence electrons. The normalized spacial score (nSPS) is 38.8. The smallest absolute Gasteiger partial charge is 0.0838 e. The molecule has 2 N–H and O–H groups in total. The fraction of sp³-hybridized carbons (Fsp3) is 1.00. The van der Waals surface area contributed by atoms with Gasteiger partial charge in [0.2, 0.25) is 0 Å². The van der Waals surface area contributed by atoms with Crippen LogP contribution < -0.4 is 10.6 Å². The van der Waals surface area contributed by atoms with E-state index in [-0.39, 0.29) is 5.66 Å². The molecule has 2 aliphatic rings. The third-order valence-corrected chi connectivity index (χ3v) is 3.22. The Hall–Kier alpha value is -0.120. The molecule has 0 aromatic heterocycles. The van der Waals surface area contributed by atoms with Crippen LogP contribution in [0.5, 0.6) is 0 Å². The van der Waals surface area contributed by atoms with Crippen molar-refractivity contribution in [3.05, 3.63) is 0 Å². The summed E-state index contributed by atoms with van der Waals surface area (Å²) >= 11 is 0. The lowest BCUT2D eigenvalue weighted by atomic mass is 9.95. The molecule has 0 aromatic rings. The number of likely N-dealkylation sites (N-methyl/N-ethyl adjacent to an activating group) is 1. The van der Waals surface area contributed by atoms with Gasteiger partial charge < -0.3 is 5.32 Å². The SMILES string of the molecule is CN1CCCNC12CCCNC2. The van der Waals surface area contributed by atoms with Crippen LogP contribution in [0.2, 0.25) is 0 Å². The zero-order valence-corrected chi connectivity index (χ0v) is 7.90. The topological polar surface area (TPSA) is 27.3 Å². The van der Waals surface area contributed by atoms with E-state index in [4.69, 9.17) is 0 Å². The van der Waals surface area contributed by atoms with Gasteiger partial charge in [-0.1, -0.05) is 0 Å². The molecule has 2 saturated heterocycles. The molecule has 1 spiro atoms. The molecule has 12 heavy (non-hydrogen) atoms. The summed E-state index contributed by atoms with van der Waals surface area (Å²) in [4.78, 5) is 2.47. The predicted molar refractivity (Wildman–Crippen MR) is 50.1 cm³/mol. The van der Waals surface area contributed by atoms with Crippen molar-refractivity contribution in [1.29, 1.82) is 0 Å². The second-order valence-corrected chi connectivity index (χ2v) is 4.01. The zero-order chi connectivity index (χ0) is 8.44. The van der Waals surface area contributed by atoms with Gasteiger partial charge >= 0.3 is 0 Å². The summed E-state index contributed by atoms with van der Waals surface area (Å²) in [5.74, 6) is 0. The first kappa shape index (κ1) is 8.48. The van der Waals surface area contributed by atoms with Crippen LogP contribution >= 0.6 is 0 Å². The first-order chi connectivity index (χ1) is 5.83. The highest BCUT2D eigenvalue weighted by Gasteiger charge is 2.36. The number of hydrogen-bond acceptors (Lipinski definition) is 3. The average Bonchev–Trinajstić information content (AvgIpc) is 2.12. The maximum atomic E-state index is 3.65. The van der Waals surface area contributed by atoms with Gasteiger partial charge in [-0.25, -0.2) is 0 Å². The summed E-state index contributed by atoms with van der Waals surface area (Å²) in [7, 11) is 2.24. The van der Waals surface area contributed by atoms with E-state index in [0.717, 1.165) is 6.54 Å². The highest BCUT2D eigenvalue weighted by atomic mass is 15.3. The van der Waals surface area contributed by atoms with Crippen molar-refractivity contribution in [3.63, 3.8) is 0 Å². The van der Waals surface area contributed by atoms with Gasteiger partial charge in [0.25, 0.3) is 0 Å². The highest BCUT2D eigenvalue weighted by molar-refractivity contribution is 4.94. The first-order valence-corrected chi connectivity index (χ1v) is 5.00. The number of rotatable bonds is 0. The van der Waals surface area contributed by atoms with Crippen LogP contribution in [0.3, 0.4) is 0 Å². The minimum absolute atomic E-state index is 0.288. The Labute approximate surface area is 74.5 Å². The summed E-state index contributed by atoms with van der Waals surface area (Å²) in [5.41, 5.74) is 0.288. The van der Waals surface area contributed by atoms with E-state index in [9.17, 15) is 0 Å². The van der Waals surface area contributed by atoms with Crippen LogP contribution in [0.15, 0.2) is 0 Å². The molecule has 0 saturated carbocycles. The molecule has 2 heterocycles. The fourth-order valence-electron chi connectivity index (χ4n) is 2.35. The molecule has 2 fully saturated rings. The van der Waals surface area contributed by atoms with Gasteiger partial charge in [-0.2, -0.15) is 0 Å². The molecule has 2 aliphatic heterocycles. The predicted octanol–water partition coefficient (Wildman–Crippen LogP) is -0.00880. The molecule has 3 nitrogen and oxygen atoms in total. The molecule has 0 amide bonds. The van der Waals surface area contributed by atoms with Crippen molar-refractivity contribution in [1.82, 2.24) is 15.5 Å². The van der Waals surface area contributed by atoms with Crippen molar-refractivity contribution < 1.29 is 0 Å². The standard InChI is InChI=1S/C9H19N3/c1-12-7-3-6-11-9(12)4-2-5-10-8-9/h10-11H,2-8H2,1H3. The van der Waals surface area contributed by atoms with Gasteiger partial charge in [-0.05, 0) is 39.4 Å². The first-order valence-electron chi connectivity index (χ1n) is 5.00. The lowest BCUT2D eigenvalue weighted by Crippen LogP contribution is -2.67. The molecule has 0 aliphatic carbocycles. The van der Waals surface area contributed by atoms with Crippen LogP contribution in [-0.2, 0) is 0 Å². The molecule has 0 radical (unpaired) electrons. The quantitative estimate of drug-likeness (QED) is 0.534. The Morgan fingerprint density at radius 3 is 2.83 bits per heavy atom. The third kappa shape index (κ3) is 1.37. The Morgan fingerprint density at radius 1 is 1.25 bits per heavy atom. The van der Waals surface area contributed by atoms with E-state index < -0.39 is 0 Å². The lowest BCUT2D eigenvalue weighted by Gasteiger charge is -2.48. The summed E-state index contributed by atoms with van der Waals surface area (Å²) in [6.45, 7) is 4.74. The molecule has 3 heteroatoms. The van der Waals surface area contributed by atoms with E-state index >= 15 is 0 Å². The average molecular weight is 169 g/mol. The second kappa shape index (κ2) is 3.32. The van der Waals surface area contributed by atoms with Crippen molar-refractivity contribution in [3.8, 4) is 0 Å². The number of piperidine rings is 1. The minimum Gasteiger partial charge on any atom is -0.314 e. The van der Waals surface area contributed by atoms with Gasteiger partial charge in [0.15, 0.2) is 0 Å². The minimum atomic E-state index is 0.288. The molecule has 2 rings (SSSR count). The van der Waals surface area contributed by atoms with Gasteiger partial charge in [0.1, 0.15) is 0 Å². The van der Waals surface area contributed by atoms with Crippen LogP contribution in [0.4, 0.5) is 0 Å². The maximum Gasteiger partial charge on any atom is 0.0838 e. The van der Waals surface area contributed by atoms with Crippen molar-refractivity contribution in [2.75, 3.05) is 33.2 Å². The summed E-state index contributed by atoms with van der Waals surface area (Å²) < 4.78 is 0. The van der Waals surface area contributed by atoms with Crippen molar-refractivity contribution in [2.45, 2.75) is 24.9 Å². The summed E-state index contributed by atoms with van der Waals surface area (Å²) in [6, 6.07) is 0. The van der Waals surface area contributed by atoms with E-state index in [1.165, 1.54) is 38.9 Å². The van der Waals surface area contributed by atoms with E-state index in [2.05, 4.69) is 22.6 Å². The number of hydrogen-bond donors (Lipinski definition) is 2. The molecule has 1 atom stereocenters. The summed E-state index contributed by atoms with van der Waals surface area (Å²) in [6.07, 6.45) is 3.89. The largest absolute Gasteiger partial charge is 0.314 e. The van der Waals surface area contributed by atoms with Crippen LogP contribution in [0.25, 0.3) is 0 Å². The van der Waals surface area contributed by atoms with Crippen molar-refractivity contribution in [2.24, 2.45) is 0 Å². The lowest BCUT2D eigenvalue weighted by molar-refractivity contribution is 0.0284. The monoisotopic (exact) mass is 169 g/mol. The van der Waals surface area contributed by atoms with Crippen molar-refractivity contribution >= 4 is 0 Å². The van der Waals surface area contributed by atoms with E-state index in [0.29, 0.717) is 0 Å². The van der Waals surface area contributed by atoms with Gasteiger partial charge in [0.05, 0.1) is 5.66 Å². The molecule has 0 aromatic carbocycles. The highest BCUT2D eigenvalue weighted by Crippen LogP contribution is 2.22. The second-order valence-electron chi connectivity index (χ2n) is 4.01. The number of nitrogens with one attached hydrogen (secondary N) is 2. The Morgan fingerprint density at radius 2 is 2.17 bits per heavy atom. The van der Waals surface area contributed by atoms with Gasteiger partial charge in [0, 0.05) is 13.1 Å². The maximum absolute atomic E-state index is 3.65. The van der Waals surface area contributed by atoms with E-state index in [1.54, 1.807) is 0 Å². The zero-order valence-electron chi connectivity index (χ0n) is 7.90. The molecular weight excluding hydrogens is 150 g/mol. The third-order valence-electron chi connectivity index (χ3n) is 3.22. The van der Waals surface area contributed by atoms with E-state index in [1.807, 2.05) is 0 Å². The van der Waals surface area contributed by atoms with Crippen LogP contribution in [0.1, 0.15) is 19.3 Å². The Kier molecular flexibility index (Phi) is 2.35. The Balaban J connectivity index is 2.04. The van der Waals surface area contributed by atoms with Crippen LogP contribution in [0, 0.1) is 0 Å². The Bertz CT molecular complexity index is 144. The number of nitrogens with zero attached hydrogens (tertiary/aromatic N) is 1. The van der Waals surface area contributed by atoms with Gasteiger partial charge in [-0.3, -0.25) is 10.2 Å². The molecule has 0 bridgehead atoms. The molecule has 1 unspecified atom stereocenters.